The van der Waals surface area contributed by atoms with Gasteiger partial charge in [-0.2, -0.15) is 0 Å². The van der Waals surface area contributed by atoms with Gasteiger partial charge in [-0.3, -0.25) is 0 Å². The minimum Gasteiger partial charge on any atom is -0.317 e. The van der Waals surface area contributed by atoms with Crippen LogP contribution in [0.4, 0.5) is 0 Å². The molecule has 104 valence electrons. The number of alkyl halides is 1. The van der Waals surface area contributed by atoms with E-state index in [1.807, 2.05) is 0 Å². The third-order valence-corrected chi connectivity index (χ3v) is 3.96. The van der Waals surface area contributed by atoms with Gasteiger partial charge in [0.25, 0.3) is 0 Å². The molecule has 0 aliphatic rings. The summed E-state index contributed by atoms with van der Waals surface area (Å²) in [7, 11) is 0. The van der Waals surface area contributed by atoms with Gasteiger partial charge in [-0.15, -0.1) is 0 Å². The molecule has 0 unspecified atom stereocenters. The lowest BCUT2D eigenvalue weighted by Crippen LogP contribution is -2.16. The maximum Gasteiger partial charge on any atom is -0.000472 e. The number of unbranched alkanes of at least 4 members (excludes halogenated alkanes) is 9. The second-order valence-electron chi connectivity index (χ2n) is 4.97. The monoisotopic (exact) mass is 353 g/mol. The number of rotatable bonds is 14. The Labute approximate surface area is 123 Å². The number of hydrogen-bond acceptors (Lipinski definition) is 1. The van der Waals surface area contributed by atoms with Gasteiger partial charge < -0.3 is 5.32 Å². The number of hydrogen-bond donors (Lipinski definition) is 1. The molecule has 0 aliphatic carbocycles. The Balaban J connectivity index is 2.85. The Kier molecular flexibility index (Phi) is 17.4. The van der Waals surface area contributed by atoms with Crippen LogP contribution in [0.3, 0.4) is 0 Å². The molecule has 0 heterocycles. The van der Waals surface area contributed by atoms with E-state index in [9.17, 15) is 0 Å². The van der Waals surface area contributed by atoms with Crippen molar-refractivity contribution in [1.29, 1.82) is 0 Å². The van der Waals surface area contributed by atoms with Crippen molar-refractivity contribution in [1.82, 2.24) is 5.32 Å². The molecule has 0 aromatic carbocycles. The summed E-state index contributed by atoms with van der Waals surface area (Å²) in [4.78, 5) is 0. The van der Waals surface area contributed by atoms with Crippen LogP contribution < -0.4 is 5.32 Å². The van der Waals surface area contributed by atoms with E-state index >= 15 is 0 Å². The predicted molar refractivity (Wildman–Crippen MR) is 88.2 cm³/mol. The first-order chi connectivity index (χ1) is 8.41. The Morgan fingerprint density at radius 2 is 1.12 bits per heavy atom. The molecule has 0 bridgehead atoms. The maximum atomic E-state index is 3.55. The van der Waals surface area contributed by atoms with Crippen LogP contribution in [0.5, 0.6) is 0 Å². The van der Waals surface area contributed by atoms with Crippen molar-refractivity contribution in [3.8, 4) is 0 Å². The van der Waals surface area contributed by atoms with Crippen LogP contribution >= 0.6 is 22.6 Å². The van der Waals surface area contributed by atoms with E-state index < -0.39 is 0 Å². The molecule has 0 atom stereocenters. The Hall–Kier alpha value is 0.690. The Bertz CT molecular complexity index is 114. The van der Waals surface area contributed by atoms with E-state index in [-0.39, 0.29) is 0 Å². The second-order valence-corrected chi connectivity index (χ2v) is 6.05. The highest BCUT2D eigenvalue weighted by molar-refractivity contribution is 14.1. The van der Waals surface area contributed by atoms with Gasteiger partial charge >= 0.3 is 0 Å². The van der Waals surface area contributed by atoms with Gasteiger partial charge in [-0.05, 0) is 36.8 Å². The van der Waals surface area contributed by atoms with Crippen molar-refractivity contribution in [3.63, 3.8) is 0 Å². The highest BCUT2D eigenvalue weighted by Crippen LogP contribution is 2.07. The molecule has 0 rings (SSSR count). The summed E-state index contributed by atoms with van der Waals surface area (Å²) in [6.07, 6.45) is 15.5. The van der Waals surface area contributed by atoms with E-state index in [0.717, 1.165) is 0 Å². The summed E-state index contributed by atoms with van der Waals surface area (Å²) in [6, 6.07) is 0. The van der Waals surface area contributed by atoms with Gasteiger partial charge in [0.1, 0.15) is 0 Å². The van der Waals surface area contributed by atoms with Crippen LogP contribution in [-0.4, -0.2) is 17.5 Å². The van der Waals surface area contributed by atoms with Crippen molar-refractivity contribution < 1.29 is 0 Å². The van der Waals surface area contributed by atoms with Gasteiger partial charge in [0.15, 0.2) is 0 Å². The molecule has 0 saturated carbocycles. The average molecular weight is 353 g/mol. The highest BCUT2D eigenvalue weighted by atomic mass is 127. The van der Waals surface area contributed by atoms with Crippen LogP contribution in [0.15, 0.2) is 0 Å². The van der Waals surface area contributed by atoms with E-state index in [1.165, 1.54) is 88.1 Å². The second kappa shape index (κ2) is 16.7. The fourth-order valence-corrected chi connectivity index (χ4v) is 2.57. The van der Waals surface area contributed by atoms with Crippen molar-refractivity contribution in [2.24, 2.45) is 0 Å². The lowest BCUT2D eigenvalue weighted by atomic mass is 10.1. The van der Waals surface area contributed by atoms with E-state index in [4.69, 9.17) is 0 Å². The molecule has 1 N–H and O–H groups in total. The quantitative estimate of drug-likeness (QED) is 0.253. The molecule has 2 heteroatoms. The smallest absolute Gasteiger partial charge is 0.000472 e. The topological polar surface area (TPSA) is 12.0 Å². The molecule has 0 amide bonds. The van der Waals surface area contributed by atoms with Crippen LogP contribution in [0.2, 0.25) is 0 Å². The first-order valence-corrected chi connectivity index (χ1v) is 9.21. The van der Waals surface area contributed by atoms with Crippen LogP contribution in [0, 0.1) is 0 Å². The first-order valence-electron chi connectivity index (χ1n) is 7.68. The molecule has 17 heavy (non-hydrogen) atoms. The lowest BCUT2D eigenvalue weighted by molar-refractivity contribution is 0.546. The van der Waals surface area contributed by atoms with Gasteiger partial charge in [-0.25, -0.2) is 0 Å². The third kappa shape index (κ3) is 16.7. The average Bonchev–Trinajstić information content (AvgIpc) is 2.35. The summed E-state index contributed by atoms with van der Waals surface area (Å²) in [5.41, 5.74) is 0. The molecule has 0 aromatic heterocycles. The highest BCUT2D eigenvalue weighted by Gasteiger charge is 1.92. The number of halogens is 1. The van der Waals surface area contributed by atoms with E-state index in [2.05, 4.69) is 34.8 Å². The zero-order valence-electron chi connectivity index (χ0n) is 11.8. The molecule has 0 spiro atoms. The van der Waals surface area contributed by atoms with E-state index in [1.54, 1.807) is 0 Å². The van der Waals surface area contributed by atoms with Crippen LogP contribution in [0.1, 0.15) is 77.6 Å². The van der Waals surface area contributed by atoms with Crippen LogP contribution in [-0.2, 0) is 0 Å². The summed E-state index contributed by atoms with van der Waals surface area (Å²) in [5.74, 6) is 0. The predicted octanol–water partition coefficient (Wildman–Crippen LogP) is 5.32. The maximum absolute atomic E-state index is 3.55. The Morgan fingerprint density at radius 1 is 0.647 bits per heavy atom. The zero-order chi connectivity index (χ0) is 12.6. The lowest BCUT2D eigenvalue weighted by Gasteiger charge is -2.04. The minimum absolute atomic E-state index is 1.23. The molecular weight excluding hydrogens is 321 g/mol. The largest absolute Gasteiger partial charge is 0.317 e. The van der Waals surface area contributed by atoms with Gasteiger partial charge in [0.05, 0.1) is 0 Å². The molecule has 0 saturated heterocycles. The van der Waals surface area contributed by atoms with Gasteiger partial charge in [0, 0.05) is 0 Å². The molecule has 0 aromatic rings. The van der Waals surface area contributed by atoms with Crippen molar-refractivity contribution in [2.45, 2.75) is 77.6 Å². The molecule has 0 aliphatic heterocycles. The zero-order valence-corrected chi connectivity index (χ0v) is 13.9. The molecule has 0 fully saturated rings. The summed E-state index contributed by atoms with van der Waals surface area (Å²) < 4.78 is 1.32. The molecular formula is C15H32IN. The minimum atomic E-state index is 1.23. The normalized spacial score (nSPS) is 10.9. The summed E-state index contributed by atoms with van der Waals surface area (Å²) >= 11 is 2.46. The van der Waals surface area contributed by atoms with Crippen LogP contribution in [0.25, 0.3) is 0 Å². The van der Waals surface area contributed by atoms with Crippen molar-refractivity contribution in [3.05, 3.63) is 0 Å². The van der Waals surface area contributed by atoms with Gasteiger partial charge in [-0.1, -0.05) is 80.9 Å². The Morgan fingerprint density at radius 3 is 1.65 bits per heavy atom. The van der Waals surface area contributed by atoms with Crippen molar-refractivity contribution >= 4 is 22.6 Å². The fraction of sp³-hybridized carbons (Fsp3) is 1.00. The molecule has 1 nitrogen and oxygen atoms in total. The fourth-order valence-electron chi connectivity index (χ4n) is 2.03. The SMILES string of the molecule is CCCCCCCCCCNCCCCCI. The van der Waals surface area contributed by atoms with E-state index in [0.29, 0.717) is 0 Å². The number of nitrogens with one attached hydrogen (secondary N) is 1. The standard InChI is InChI=1S/C15H32IN/c1-2-3-4-5-6-7-8-11-14-17-15-12-9-10-13-16/h17H,2-15H2,1H3. The third-order valence-electron chi connectivity index (χ3n) is 3.19. The molecule has 0 radical (unpaired) electrons. The van der Waals surface area contributed by atoms with Crippen molar-refractivity contribution in [2.75, 3.05) is 17.5 Å². The first kappa shape index (κ1) is 17.7. The summed E-state index contributed by atoms with van der Waals surface area (Å²) in [6.45, 7) is 4.75. The van der Waals surface area contributed by atoms with Gasteiger partial charge in [0.2, 0.25) is 0 Å². The summed E-state index contributed by atoms with van der Waals surface area (Å²) in [5, 5.41) is 3.55.